The normalized spacial score (nSPS) is 15.7. The van der Waals surface area contributed by atoms with E-state index in [1.54, 1.807) is 17.6 Å². The second-order valence-electron chi connectivity index (χ2n) is 10.0. The zero-order valence-corrected chi connectivity index (χ0v) is 25.2. The molecule has 0 amide bonds. The smallest absolute Gasteiger partial charge is 0.338 e. The van der Waals surface area contributed by atoms with Crippen molar-refractivity contribution < 1.29 is 23.7 Å². The minimum Gasteiger partial charge on any atom is -0.489 e. The van der Waals surface area contributed by atoms with Crippen LogP contribution in [0.3, 0.4) is 0 Å². The molecule has 3 heterocycles. The maximum Gasteiger partial charge on any atom is 0.338 e. The van der Waals surface area contributed by atoms with Gasteiger partial charge in [0, 0.05) is 5.02 Å². The molecule has 2 aliphatic rings. The molecule has 0 aliphatic carbocycles. The molecular weight excluding hydrogens is 588 g/mol. The standard InChI is InChI=1S/C33H29ClN2O6S/c1-3-5-25-29(32(38)39-4-2)30(22-10-15-26-27(17-22)42-19-41-26)36-31(37)28(43-33(36)35-25)16-20-8-13-24(14-9-20)40-18-21-6-11-23(34)12-7-21/h6-17,30H,3-5,18-19H2,1-2H3/b28-16-. The van der Waals surface area contributed by atoms with Crippen LogP contribution >= 0.6 is 22.9 Å². The van der Waals surface area contributed by atoms with Gasteiger partial charge in [0.25, 0.3) is 5.56 Å². The molecule has 0 spiro atoms. The molecule has 8 nitrogen and oxygen atoms in total. The molecule has 0 saturated heterocycles. The highest BCUT2D eigenvalue weighted by atomic mass is 35.5. The van der Waals surface area contributed by atoms with E-state index in [4.69, 9.17) is 35.5 Å². The largest absolute Gasteiger partial charge is 0.489 e. The van der Waals surface area contributed by atoms with Gasteiger partial charge in [-0.05, 0) is 72.5 Å². The van der Waals surface area contributed by atoms with Crippen LogP contribution in [0.25, 0.3) is 6.08 Å². The Bertz CT molecular complexity index is 1880. The second kappa shape index (κ2) is 12.5. The third kappa shape index (κ3) is 5.96. The Hall–Kier alpha value is -4.34. The highest BCUT2D eigenvalue weighted by Gasteiger charge is 2.35. The van der Waals surface area contributed by atoms with Gasteiger partial charge in [-0.3, -0.25) is 9.36 Å². The molecule has 0 fully saturated rings. The van der Waals surface area contributed by atoms with E-state index in [1.165, 1.54) is 11.3 Å². The van der Waals surface area contributed by atoms with Crippen LogP contribution in [0.4, 0.5) is 0 Å². The topological polar surface area (TPSA) is 88.4 Å². The summed E-state index contributed by atoms with van der Waals surface area (Å²) in [6.07, 6.45) is 3.17. The fourth-order valence-corrected chi connectivity index (χ4v) is 6.22. The number of esters is 1. The summed E-state index contributed by atoms with van der Waals surface area (Å²) in [7, 11) is 0. The molecule has 220 valence electrons. The Kier molecular flexibility index (Phi) is 8.35. The van der Waals surface area contributed by atoms with Crippen molar-refractivity contribution in [1.82, 2.24) is 4.57 Å². The van der Waals surface area contributed by atoms with E-state index in [0.717, 1.165) is 17.5 Å². The molecule has 1 atom stereocenters. The highest BCUT2D eigenvalue weighted by molar-refractivity contribution is 7.07. The predicted molar refractivity (Wildman–Crippen MR) is 164 cm³/mol. The third-order valence-corrected chi connectivity index (χ3v) is 8.34. The van der Waals surface area contributed by atoms with Gasteiger partial charge < -0.3 is 18.9 Å². The van der Waals surface area contributed by atoms with Gasteiger partial charge in [-0.1, -0.05) is 66.6 Å². The van der Waals surface area contributed by atoms with Gasteiger partial charge in [0.15, 0.2) is 16.3 Å². The Labute approximate surface area is 257 Å². The lowest BCUT2D eigenvalue weighted by Gasteiger charge is -2.25. The summed E-state index contributed by atoms with van der Waals surface area (Å²) in [5.74, 6) is 1.41. The maximum absolute atomic E-state index is 14.0. The molecule has 4 aromatic rings. The van der Waals surface area contributed by atoms with Crippen LogP contribution in [-0.4, -0.2) is 23.9 Å². The van der Waals surface area contributed by atoms with Crippen molar-refractivity contribution in [2.75, 3.05) is 13.4 Å². The van der Waals surface area contributed by atoms with Gasteiger partial charge in [-0.15, -0.1) is 0 Å². The summed E-state index contributed by atoms with van der Waals surface area (Å²) in [5.41, 5.74) is 3.30. The Balaban J connectivity index is 1.38. The van der Waals surface area contributed by atoms with Crippen LogP contribution in [0.1, 0.15) is 49.4 Å². The molecule has 0 N–H and O–H groups in total. The van der Waals surface area contributed by atoms with Gasteiger partial charge in [0.2, 0.25) is 6.79 Å². The van der Waals surface area contributed by atoms with Gasteiger partial charge in [0.05, 0.1) is 28.5 Å². The number of hydrogen-bond donors (Lipinski definition) is 0. The number of ether oxygens (including phenoxy) is 4. The van der Waals surface area contributed by atoms with Crippen LogP contribution < -0.4 is 29.1 Å². The number of carbonyl (C=O) groups is 1. The number of aromatic nitrogens is 1. The van der Waals surface area contributed by atoms with E-state index in [0.29, 0.717) is 61.5 Å². The first-order valence-corrected chi connectivity index (χ1v) is 15.2. The van der Waals surface area contributed by atoms with E-state index < -0.39 is 12.0 Å². The van der Waals surface area contributed by atoms with E-state index in [9.17, 15) is 9.59 Å². The average Bonchev–Trinajstić information content (AvgIpc) is 3.60. The number of carbonyl (C=O) groups excluding carboxylic acids is 1. The first-order valence-electron chi connectivity index (χ1n) is 14.0. The SMILES string of the molecule is CCCC1=C(C(=O)OCC)C(c2ccc3c(c2)OCO3)n2c(s/c(=C\c3ccc(OCc4ccc(Cl)cc4)cc3)c2=O)=N1. The number of hydrogen-bond acceptors (Lipinski definition) is 8. The number of benzene rings is 3. The van der Waals surface area contributed by atoms with E-state index in [2.05, 4.69) is 0 Å². The molecule has 1 unspecified atom stereocenters. The van der Waals surface area contributed by atoms with Crippen LogP contribution in [0, 0.1) is 0 Å². The van der Waals surface area contributed by atoms with Crippen molar-refractivity contribution in [1.29, 1.82) is 0 Å². The van der Waals surface area contributed by atoms with Crippen LogP contribution in [-0.2, 0) is 16.1 Å². The lowest BCUT2D eigenvalue weighted by Crippen LogP contribution is -2.40. The van der Waals surface area contributed by atoms with Crippen molar-refractivity contribution in [3.63, 3.8) is 0 Å². The molecule has 0 radical (unpaired) electrons. The highest BCUT2D eigenvalue weighted by Crippen LogP contribution is 2.38. The number of nitrogens with zero attached hydrogens (tertiary/aromatic N) is 2. The van der Waals surface area contributed by atoms with Crippen LogP contribution in [0.15, 0.2) is 87.8 Å². The summed E-state index contributed by atoms with van der Waals surface area (Å²) >= 11 is 7.26. The molecule has 10 heteroatoms. The van der Waals surface area contributed by atoms with Crippen molar-refractivity contribution in [2.24, 2.45) is 4.99 Å². The molecular formula is C33H29ClN2O6S. The number of allylic oxidation sites excluding steroid dienone is 1. The van der Waals surface area contributed by atoms with Crippen molar-refractivity contribution in [2.45, 2.75) is 39.3 Å². The minimum atomic E-state index is -0.725. The number of halogens is 1. The fourth-order valence-electron chi connectivity index (χ4n) is 5.08. The number of thiazole rings is 1. The van der Waals surface area contributed by atoms with Crippen molar-refractivity contribution in [3.8, 4) is 17.2 Å². The number of rotatable bonds is 9. The summed E-state index contributed by atoms with van der Waals surface area (Å²) in [4.78, 5) is 32.7. The van der Waals surface area contributed by atoms with Crippen LogP contribution in [0.2, 0.25) is 5.02 Å². The molecule has 1 aromatic heterocycles. The average molecular weight is 617 g/mol. The van der Waals surface area contributed by atoms with Gasteiger partial charge in [-0.25, -0.2) is 9.79 Å². The zero-order chi connectivity index (χ0) is 29.9. The molecule has 3 aromatic carbocycles. The van der Waals surface area contributed by atoms with Crippen LogP contribution in [0.5, 0.6) is 17.2 Å². The monoisotopic (exact) mass is 616 g/mol. The van der Waals surface area contributed by atoms with Crippen molar-refractivity contribution in [3.05, 3.63) is 119 Å². The summed E-state index contributed by atoms with van der Waals surface area (Å²) < 4.78 is 24.6. The van der Waals surface area contributed by atoms with Gasteiger partial charge in [-0.2, -0.15) is 0 Å². The number of fused-ring (bicyclic) bond motifs is 2. The summed E-state index contributed by atoms with van der Waals surface area (Å²) in [6, 6.07) is 19.8. The Morgan fingerprint density at radius 2 is 1.84 bits per heavy atom. The first kappa shape index (κ1) is 28.8. The first-order chi connectivity index (χ1) is 20.9. The minimum absolute atomic E-state index is 0.119. The molecule has 2 aliphatic heterocycles. The lowest BCUT2D eigenvalue weighted by atomic mass is 9.94. The lowest BCUT2D eigenvalue weighted by molar-refractivity contribution is -0.139. The molecule has 43 heavy (non-hydrogen) atoms. The van der Waals surface area contributed by atoms with E-state index >= 15 is 0 Å². The molecule has 0 bridgehead atoms. The summed E-state index contributed by atoms with van der Waals surface area (Å²) in [5, 5.41) is 0.680. The third-order valence-electron chi connectivity index (χ3n) is 7.10. The summed E-state index contributed by atoms with van der Waals surface area (Å²) in [6.45, 7) is 4.53. The fraction of sp³-hybridized carbons (Fsp3) is 0.242. The van der Waals surface area contributed by atoms with Gasteiger partial charge in [0.1, 0.15) is 12.4 Å². The van der Waals surface area contributed by atoms with Gasteiger partial charge >= 0.3 is 5.97 Å². The quantitative estimate of drug-likeness (QED) is 0.230. The maximum atomic E-state index is 14.0. The molecule has 6 rings (SSSR count). The van der Waals surface area contributed by atoms with E-state index in [1.807, 2.05) is 73.7 Å². The molecule has 0 saturated carbocycles. The Morgan fingerprint density at radius 3 is 2.58 bits per heavy atom. The second-order valence-corrected chi connectivity index (χ2v) is 11.5. The van der Waals surface area contributed by atoms with E-state index in [-0.39, 0.29) is 19.0 Å². The zero-order valence-electron chi connectivity index (χ0n) is 23.7. The Morgan fingerprint density at radius 1 is 1.07 bits per heavy atom. The van der Waals surface area contributed by atoms with Crippen molar-refractivity contribution >= 4 is 35.0 Å². The predicted octanol–water partition coefficient (Wildman–Crippen LogP) is 5.54.